The first-order chi connectivity index (χ1) is 9.81. The molecule has 0 radical (unpaired) electrons. The lowest BCUT2D eigenvalue weighted by Gasteiger charge is -2.24. The highest BCUT2D eigenvalue weighted by molar-refractivity contribution is 6.30. The summed E-state index contributed by atoms with van der Waals surface area (Å²) in [6, 6.07) is 8.33. The van der Waals surface area contributed by atoms with E-state index in [1.807, 2.05) is 24.3 Å². The van der Waals surface area contributed by atoms with E-state index in [0.29, 0.717) is 0 Å². The first-order valence-corrected chi connectivity index (χ1v) is 8.03. The lowest BCUT2D eigenvalue weighted by atomic mass is 9.94. The van der Waals surface area contributed by atoms with Crippen molar-refractivity contribution >= 4 is 11.6 Å². The molecule has 0 bridgehead atoms. The second-order valence-electron chi connectivity index (χ2n) is 5.88. The molecule has 1 aromatic rings. The Hall–Kier alpha value is -0.770. The van der Waals surface area contributed by atoms with E-state index < -0.39 is 0 Å². The molecular formula is C16H23ClN2O. The maximum atomic E-state index is 5.85. The smallest absolute Gasteiger partial charge is 0.119 e. The summed E-state index contributed by atoms with van der Waals surface area (Å²) in [5.41, 5.74) is 0. The van der Waals surface area contributed by atoms with E-state index in [9.17, 15) is 0 Å². The van der Waals surface area contributed by atoms with Gasteiger partial charge in [-0.2, -0.15) is 0 Å². The SMILES string of the molecule is Clc1ccc(OCCCN2C[C@@H]3CCCN[C@@H]3C2)cc1. The number of rotatable bonds is 5. The Balaban J connectivity index is 1.35. The summed E-state index contributed by atoms with van der Waals surface area (Å²) in [7, 11) is 0. The van der Waals surface area contributed by atoms with Crippen molar-refractivity contribution in [2.75, 3.05) is 32.8 Å². The van der Waals surface area contributed by atoms with E-state index in [4.69, 9.17) is 16.3 Å². The second-order valence-corrected chi connectivity index (χ2v) is 6.31. The van der Waals surface area contributed by atoms with Gasteiger partial charge in [0.15, 0.2) is 0 Å². The van der Waals surface area contributed by atoms with E-state index in [2.05, 4.69) is 10.2 Å². The fourth-order valence-electron chi connectivity index (χ4n) is 3.33. The third-order valence-corrected chi connectivity index (χ3v) is 4.63. The molecule has 0 saturated carbocycles. The van der Waals surface area contributed by atoms with Crippen LogP contribution >= 0.6 is 11.6 Å². The van der Waals surface area contributed by atoms with Gasteiger partial charge in [-0.05, 0) is 56.0 Å². The van der Waals surface area contributed by atoms with Gasteiger partial charge in [-0.25, -0.2) is 0 Å². The molecule has 2 fully saturated rings. The van der Waals surface area contributed by atoms with Crippen LogP contribution in [0.3, 0.4) is 0 Å². The normalized spacial score (nSPS) is 26.4. The highest BCUT2D eigenvalue weighted by atomic mass is 35.5. The largest absolute Gasteiger partial charge is 0.494 e. The molecule has 0 spiro atoms. The van der Waals surface area contributed by atoms with Gasteiger partial charge in [0.1, 0.15) is 5.75 Å². The first-order valence-electron chi connectivity index (χ1n) is 7.65. The minimum absolute atomic E-state index is 0.737. The quantitative estimate of drug-likeness (QED) is 0.845. The van der Waals surface area contributed by atoms with Gasteiger partial charge in [0.25, 0.3) is 0 Å². The average Bonchev–Trinajstić information content (AvgIpc) is 2.88. The third kappa shape index (κ3) is 3.66. The third-order valence-electron chi connectivity index (χ3n) is 4.38. The van der Waals surface area contributed by atoms with Crippen LogP contribution < -0.4 is 10.1 Å². The fraction of sp³-hybridized carbons (Fsp3) is 0.625. The molecule has 0 aromatic heterocycles. The number of piperidine rings is 1. The molecule has 0 unspecified atom stereocenters. The van der Waals surface area contributed by atoms with E-state index >= 15 is 0 Å². The number of nitrogens with one attached hydrogen (secondary N) is 1. The Morgan fingerprint density at radius 1 is 1.25 bits per heavy atom. The number of likely N-dealkylation sites (tertiary alicyclic amines) is 1. The van der Waals surface area contributed by atoms with Gasteiger partial charge < -0.3 is 15.0 Å². The molecule has 0 amide bonds. The van der Waals surface area contributed by atoms with Crippen LogP contribution in [0.5, 0.6) is 5.75 Å². The number of fused-ring (bicyclic) bond motifs is 1. The zero-order valence-electron chi connectivity index (χ0n) is 11.9. The Morgan fingerprint density at radius 3 is 2.90 bits per heavy atom. The van der Waals surface area contributed by atoms with E-state index in [1.165, 1.54) is 32.5 Å². The summed E-state index contributed by atoms with van der Waals surface area (Å²) >= 11 is 5.85. The van der Waals surface area contributed by atoms with Crippen LogP contribution in [-0.2, 0) is 0 Å². The maximum absolute atomic E-state index is 5.85. The van der Waals surface area contributed by atoms with Crippen LogP contribution in [-0.4, -0.2) is 43.7 Å². The van der Waals surface area contributed by atoms with Gasteiger partial charge >= 0.3 is 0 Å². The first kappa shape index (κ1) is 14.2. The number of hydrogen-bond donors (Lipinski definition) is 1. The Bertz CT molecular complexity index is 409. The molecule has 0 aliphatic carbocycles. The summed E-state index contributed by atoms with van der Waals surface area (Å²) in [5.74, 6) is 1.78. The molecular weight excluding hydrogens is 272 g/mol. The molecule has 1 N–H and O–H groups in total. The Kier molecular flexibility index (Phi) is 4.81. The van der Waals surface area contributed by atoms with Crippen molar-refractivity contribution in [1.29, 1.82) is 0 Å². The summed E-state index contributed by atoms with van der Waals surface area (Å²) in [4.78, 5) is 2.58. The van der Waals surface area contributed by atoms with Crippen LogP contribution in [0.25, 0.3) is 0 Å². The zero-order chi connectivity index (χ0) is 13.8. The summed E-state index contributed by atoms with van der Waals surface area (Å²) in [5, 5.41) is 4.40. The summed E-state index contributed by atoms with van der Waals surface area (Å²) in [6.07, 6.45) is 3.83. The Labute approximate surface area is 126 Å². The Morgan fingerprint density at radius 2 is 2.10 bits per heavy atom. The van der Waals surface area contributed by atoms with Crippen molar-refractivity contribution < 1.29 is 4.74 Å². The topological polar surface area (TPSA) is 24.5 Å². The molecule has 2 atom stereocenters. The predicted octanol–water partition coefficient (Wildman–Crippen LogP) is 2.79. The van der Waals surface area contributed by atoms with Crippen molar-refractivity contribution in [3.8, 4) is 5.75 Å². The molecule has 20 heavy (non-hydrogen) atoms. The molecule has 4 heteroatoms. The standard InChI is InChI=1S/C16H23ClN2O/c17-14-4-6-15(7-5-14)20-10-2-9-19-11-13-3-1-8-18-16(13)12-19/h4-7,13,16,18H,1-3,8-12H2/t13-,16+/m0/s1. The van der Waals surface area contributed by atoms with Crippen LogP contribution in [0, 0.1) is 5.92 Å². The van der Waals surface area contributed by atoms with Gasteiger partial charge in [-0.3, -0.25) is 0 Å². The molecule has 2 aliphatic heterocycles. The van der Waals surface area contributed by atoms with Crippen molar-refractivity contribution in [2.24, 2.45) is 5.92 Å². The monoisotopic (exact) mass is 294 g/mol. The van der Waals surface area contributed by atoms with Crippen LogP contribution in [0.1, 0.15) is 19.3 Å². The lowest BCUT2D eigenvalue weighted by Crippen LogP contribution is -2.40. The zero-order valence-corrected chi connectivity index (χ0v) is 12.6. The number of benzene rings is 1. The van der Waals surface area contributed by atoms with E-state index in [0.717, 1.165) is 42.3 Å². The van der Waals surface area contributed by atoms with Gasteiger partial charge in [-0.1, -0.05) is 11.6 Å². The highest BCUT2D eigenvalue weighted by Gasteiger charge is 2.33. The number of ether oxygens (including phenoxy) is 1. The van der Waals surface area contributed by atoms with Gasteiger partial charge in [-0.15, -0.1) is 0 Å². The average molecular weight is 295 g/mol. The lowest BCUT2D eigenvalue weighted by molar-refractivity contribution is 0.257. The molecule has 2 saturated heterocycles. The molecule has 3 rings (SSSR count). The number of hydrogen-bond acceptors (Lipinski definition) is 3. The van der Waals surface area contributed by atoms with Gasteiger partial charge in [0, 0.05) is 30.7 Å². The second kappa shape index (κ2) is 6.79. The summed E-state index contributed by atoms with van der Waals surface area (Å²) in [6.45, 7) is 5.60. The molecule has 1 aromatic carbocycles. The van der Waals surface area contributed by atoms with E-state index in [-0.39, 0.29) is 0 Å². The van der Waals surface area contributed by atoms with Crippen LogP contribution in [0.15, 0.2) is 24.3 Å². The van der Waals surface area contributed by atoms with Crippen molar-refractivity contribution in [3.63, 3.8) is 0 Å². The van der Waals surface area contributed by atoms with Crippen molar-refractivity contribution in [1.82, 2.24) is 10.2 Å². The maximum Gasteiger partial charge on any atom is 0.119 e. The molecule has 2 heterocycles. The molecule has 3 nitrogen and oxygen atoms in total. The molecule has 2 aliphatic rings. The van der Waals surface area contributed by atoms with Crippen molar-refractivity contribution in [2.45, 2.75) is 25.3 Å². The minimum atomic E-state index is 0.737. The number of nitrogens with zero attached hydrogens (tertiary/aromatic N) is 1. The predicted molar refractivity (Wildman–Crippen MR) is 82.5 cm³/mol. The van der Waals surface area contributed by atoms with E-state index in [1.54, 1.807) is 0 Å². The highest BCUT2D eigenvalue weighted by Crippen LogP contribution is 2.24. The summed E-state index contributed by atoms with van der Waals surface area (Å²) < 4.78 is 5.74. The van der Waals surface area contributed by atoms with Gasteiger partial charge in [0.2, 0.25) is 0 Å². The van der Waals surface area contributed by atoms with Crippen LogP contribution in [0.2, 0.25) is 5.02 Å². The van der Waals surface area contributed by atoms with Crippen LogP contribution in [0.4, 0.5) is 0 Å². The fourth-order valence-corrected chi connectivity index (χ4v) is 3.45. The molecule has 110 valence electrons. The number of halogens is 1. The van der Waals surface area contributed by atoms with Crippen molar-refractivity contribution in [3.05, 3.63) is 29.3 Å². The minimum Gasteiger partial charge on any atom is -0.494 e. The van der Waals surface area contributed by atoms with Gasteiger partial charge in [0.05, 0.1) is 6.61 Å².